The van der Waals surface area contributed by atoms with E-state index in [1.807, 2.05) is 0 Å². The standard InChI is InChI=1S/C31H51F3O3/c1-20(9-14-29(35)15-10-22(37-4)11-16-29)24-7-8-25-23-6-5-21-19-30(36,31(32,33)34)18-17-27(21,2)26(23)12-13-28(24,25)3/h20-26,35-36H,5-19H2,1-4H3/t20-,21-,22-,23-,24-,25-,26-,27-,28+,29-,30-/m0/s1. The van der Waals surface area contributed by atoms with E-state index in [4.69, 9.17) is 4.74 Å². The largest absolute Gasteiger partial charge is 0.417 e. The van der Waals surface area contributed by atoms with E-state index in [0.717, 1.165) is 57.8 Å². The van der Waals surface area contributed by atoms with Crippen molar-refractivity contribution >= 4 is 0 Å². The monoisotopic (exact) mass is 528 g/mol. The summed E-state index contributed by atoms with van der Waals surface area (Å²) in [6, 6.07) is 0. The Bertz CT molecular complexity index is 823. The van der Waals surface area contributed by atoms with Crippen LogP contribution in [0.4, 0.5) is 13.2 Å². The first-order valence-corrected chi connectivity index (χ1v) is 15.3. The zero-order chi connectivity index (χ0) is 26.9. The lowest BCUT2D eigenvalue weighted by Crippen LogP contribution is -2.59. The van der Waals surface area contributed by atoms with Crippen molar-refractivity contribution in [2.75, 3.05) is 7.11 Å². The Balaban J connectivity index is 1.24. The van der Waals surface area contributed by atoms with Crippen LogP contribution < -0.4 is 0 Å². The van der Waals surface area contributed by atoms with E-state index in [0.29, 0.717) is 47.5 Å². The van der Waals surface area contributed by atoms with Crippen LogP contribution >= 0.6 is 0 Å². The molecule has 5 aliphatic carbocycles. The third-order valence-electron chi connectivity index (χ3n) is 13.3. The number of ether oxygens (including phenoxy) is 1. The third-order valence-corrected chi connectivity index (χ3v) is 13.3. The molecule has 5 saturated carbocycles. The quantitative estimate of drug-likeness (QED) is 0.385. The van der Waals surface area contributed by atoms with Crippen molar-refractivity contribution in [1.82, 2.24) is 0 Å². The molecule has 3 nitrogen and oxygen atoms in total. The maximum atomic E-state index is 13.7. The molecule has 0 bridgehead atoms. The lowest BCUT2D eigenvalue weighted by Gasteiger charge is -2.62. The van der Waals surface area contributed by atoms with Crippen LogP contribution in [0.1, 0.15) is 117 Å². The Kier molecular flexibility index (Phi) is 7.35. The molecule has 0 aromatic carbocycles. The van der Waals surface area contributed by atoms with Crippen LogP contribution in [0.2, 0.25) is 0 Å². The summed E-state index contributed by atoms with van der Waals surface area (Å²) in [5.41, 5.74) is -2.79. The lowest BCUT2D eigenvalue weighted by atomic mass is 9.43. The zero-order valence-corrected chi connectivity index (χ0v) is 23.6. The summed E-state index contributed by atoms with van der Waals surface area (Å²) < 4.78 is 46.5. The van der Waals surface area contributed by atoms with Crippen LogP contribution in [0.3, 0.4) is 0 Å². The molecular formula is C31H51F3O3. The minimum atomic E-state index is -4.53. The Morgan fingerprint density at radius 1 is 0.838 bits per heavy atom. The SMILES string of the molecule is CO[C@H]1CC[C@@](O)(CC[C@H](C)[C@@H]2CC[C@H]3[C@@H]4CC[C@H]5C[C@](O)(C(F)(F)F)CC[C@]5(C)[C@H]4CC[C@@]32C)CC1. The van der Waals surface area contributed by atoms with Crippen LogP contribution in [0.5, 0.6) is 0 Å². The molecule has 0 aromatic rings. The first-order chi connectivity index (χ1) is 17.2. The molecule has 0 unspecified atom stereocenters. The minimum absolute atomic E-state index is 0.0245. The van der Waals surface area contributed by atoms with E-state index in [1.165, 1.54) is 19.3 Å². The Labute approximate surface area is 222 Å². The average Bonchev–Trinajstić information content (AvgIpc) is 3.20. The van der Waals surface area contributed by atoms with E-state index in [1.54, 1.807) is 7.11 Å². The van der Waals surface area contributed by atoms with E-state index in [2.05, 4.69) is 20.8 Å². The highest BCUT2D eigenvalue weighted by Gasteiger charge is 2.65. The fourth-order valence-corrected chi connectivity index (χ4v) is 10.8. The van der Waals surface area contributed by atoms with Crippen molar-refractivity contribution in [3.63, 3.8) is 0 Å². The van der Waals surface area contributed by atoms with Gasteiger partial charge in [-0.05, 0) is 143 Å². The molecule has 0 spiro atoms. The van der Waals surface area contributed by atoms with Gasteiger partial charge in [-0.15, -0.1) is 0 Å². The van der Waals surface area contributed by atoms with Crippen molar-refractivity contribution in [2.24, 2.45) is 46.3 Å². The second-order valence-corrected chi connectivity index (χ2v) is 14.8. The van der Waals surface area contributed by atoms with Crippen LogP contribution in [-0.4, -0.2) is 40.8 Å². The fourth-order valence-electron chi connectivity index (χ4n) is 10.8. The molecule has 5 aliphatic rings. The highest BCUT2D eigenvalue weighted by atomic mass is 19.4. The van der Waals surface area contributed by atoms with Gasteiger partial charge >= 0.3 is 6.18 Å². The average molecular weight is 529 g/mol. The number of alkyl halides is 3. The van der Waals surface area contributed by atoms with Crippen molar-refractivity contribution in [3.8, 4) is 0 Å². The summed E-state index contributed by atoms with van der Waals surface area (Å²) in [6.07, 6.45) is 8.25. The maximum Gasteiger partial charge on any atom is 0.417 e. The molecule has 0 aliphatic heterocycles. The predicted molar refractivity (Wildman–Crippen MR) is 139 cm³/mol. The summed E-state index contributed by atoms with van der Waals surface area (Å²) >= 11 is 0. The second kappa shape index (κ2) is 9.65. The van der Waals surface area contributed by atoms with E-state index < -0.39 is 17.4 Å². The summed E-state index contributed by atoms with van der Waals surface area (Å²) in [6.45, 7) is 7.20. The molecule has 214 valence electrons. The van der Waals surface area contributed by atoms with Gasteiger partial charge in [-0.1, -0.05) is 20.8 Å². The number of halogens is 3. The Hall–Kier alpha value is -0.330. The molecule has 5 fully saturated rings. The number of fused-ring (bicyclic) bond motifs is 5. The van der Waals surface area contributed by atoms with Crippen LogP contribution in [-0.2, 0) is 4.74 Å². The summed E-state index contributed by atoms with van der Waals surface area (Å²) in [5, 5.41) is 21.7. The summed E-state index contributed by atoms with van der Waals surface area (Å²) in [5.74, 6) is 3.00. The highest BCUT2D eigenvalue weighted by molar-refractivity contribution is 5.11. The van der Waals surface area contributed by atoms with Gasteiger partial charge in [-0.3, -0.25) is 0 Å². The molecule has 0 saturated heterocycles. The van der Waals surface area contributed by atoms with Crippen molar-refractivity contribution in [2.45, 2.75) is 141 Å². The molecule has 37 heavy (non-hydrogen) atoms. The van der Waals surface area contributed by atoms with Crippen LogP contribution in [0.25, 0.3) is 0 Å². The van der Waals surface area contributed by atoms with Crippen molar-refractivity contribution in [1.29, 1.82) is 0 Å². The van der Waals surface area contributed by atoms with Gasteiger partial charge in [0, 0.05) is 7.11 Å². The van der Waals surface area contributed by atoms with Gasteiger partial charge in [0.15, 0.2) is 5.60 Å². The van der Waals surface area contributed by atoms with Crippen LogP contribution in [0.15, 0.2) is 0 Å². The van der Waals surface area contributed by atoms with Crippen LogP contribution in [0, 0.1) is 46.3 Å². The van der Waals surface area contributed by atoms with Gasteiger partial charge in [0.2, 0.25) is 0 Å². The molecule has 0 radical (unpaired) electrons. The van der Waals surface area contributed by atoms with Gasteiger partial charge < -0.3 is 14.9 Å². The zero-order valence-electron chi connectivity index (χ0n) is 23.6. The molecule has 5 rings (SSSR count). The van der Waals surface area contributed by atoms with Gasteiger partial charge in [-0.25, -0.2) is 0 Å². The van der Waals surface area contributed by atoms with Gasteiger partial charge in [-0.2, -0.15) is 13.2 Å². The van der Waals surface area contributed by atoms with E-state index >= 15 is 0 Å². The first-order valence-electron chi connectivity index (χ1n) is 15.3. The Morgan fingerprint density at radius 2 is 1.51 bits per heavy atom. The number of methoxy groups -OCH3 is 1. The number of aliphatic hydroxyl groups is 2. The fraction of sp³-hybridized carbons (Fsp3) is 1.00. The molecule has 6 heteroatoms. The Morgan fingerprint density at radius 3 is 2.16 bits per heavy atom. The molecule has 0 aromatic heterocycles. The molecule has 2 N–H and O–H groups in total. The number of rotatable bonds is 5. The lowest BCUT2D eigenvalue weighted by molar-refractivity contribution is -0.290. The molecular weight excluding hydrogens is 477 g/mol. The topological polar surface area (TPSA) is 49.7 Å². The summed E-state index contributed by atoms with van der Waals surface area (Å²) in [4.78, 5) is 0. The van der Waals surface area contributed by atoms with E-state index in [-0.39, 0.29) is 24.2 Å². The van der Waals surface area contributed by atoms with Gasteiger partial charge in [0.1, 0.15) is 0 Å². The van der Waals surface area contributed by atoms with Crippen molar-refractivity contribution in [3.05, 3.63) is 0 Å². The minimum Gasteiger partial charge on any atom is -0.390 e. The normalized spacial score (nSPS) is 51.2. The molecule has 0 heterocycles. The van der Waals surface area contributed by atoms with Crippen molar-refractivity contribution < 1.29 is 28.1 Å². The molecule has 0 amide bonds. The first kappa shape index (κ1) is 28.2. The molecule has 9 atom stereocenters. The van der Waals surface area contributed by atoms with E-state index in [9.17, 15) is 23.4 Å². The number of hydrogen-bond acceptors (Lipinski definition) is 3. The van der Waals surface area contributed by atoms with Gasteiger partial charge in [0.25, 0.3) is 0 Å². The smallest absolute Gasteiger partial charge is 0.390 e. The highest BCUT2D eigenvalue weighted by Crippen LogP contribution is 2.69. The second-order valence-electron chi connectivity index (χ2n) is 14.8. The summed E-state index contributed by atoms with van der Waals surface area (Å²) in [7, 11) is 1.77. The third kappa shape index (κ3) is 4.71. The number of hydrogen-bond donors (Lipinski definition) is 2. The van der Waals surface area contributed by atoms with Gasteiger partial charge in [0.05, 0.1) is 11.7 Å². The predicted octanol–water partition coefficient (Wildman–Crippen LogP) is 7.68. The maximum absolute atomic E-state index is 13.7.